The zero-order chi connectivity index (χ0) is 11.0. The van der Waals surface area contributed by atoms with Crippen LogP contribution in [0.15, 0.2) is 0 Å². The number of ether oxygens (including phenoxy) is 2. The summed E-state index contributed by atoms with van der Waals surface area (Å²) in [5.41, 5.74) is 0.0426. The second-order valence-corrected chi connectivity index (χ2v) is 4.74. The van der Waals surface area contributed by atoms with Gasteiger partial charge in [0.15, 0.2) is 0 Å². The summed E-state index contributed by atoms with van der Waals surface area (Å²) >= 11 is 0. The van der Waals surface area contributed by atoms with Gasteiger partial charge in [-0.05, 0) is 32.6 Å². The van der Waals surface area contributed by atoms with Crippen molar-refractivity contribution in [3.8, 4) is 0 Å². The van der Waals surface area contributed by atoms with Crippen LogP contribution in [0.1, 0.15) is 46.5 Å². The molecule has 0 aliphatic rings. The molecule has 0 bridgehead atoms. The molecule has 0 fully saturated rings. The molecule has 0 aromatic rings. The van der Waals surface area contributed by atoms with Gasteiger partial charge in [0.1, 0.15) is 0 Å². The summed E-state index contributed by atoms with van der Waals surface area (Å²) in [5.74, 6) is 0.766. The molecule has 0 spiro atoms. The van der Waals surface area contributed by atoms with Crippen LogP contribution in [0.4, 0.5) is 0 Å². The van der Waals surface area contributed by atoms with Gasteiger partial charge in [0.2, 0.25) is 0 Å². The quantitative estimate of drug-likeness (QED) is 0.601. The van der Waals surface area contributed by atoms with Crippen molar-refractivity contribution in [2.45, 2.75) is 52.1 Å². The van der Waals surface area contributed by atoms with Crippen molar-refractivity contribution in [1.82, 2.24) is 0 Å². The monoisotopic (exact) mass is 202 g/mol. The van der Waals surface area contributed by atoms with Gasteiger partial charge in [0, 0.05) is 20.8 Å². The molecule has 1 unspecified atom stereocenters. The van der Waals surface area contributed by atoms with Crippen molar-refractivity contribution in [3.05, 3.63) is 0 Å². The van der Waals surface area contributed by atoms with E-state index in [0.717, 1.165) is 18.9 Å². The minimum atomic E-state index is 0.0426. The van der Waals surface area contributed by atoms with Crippen molar-refractivity contribution >= 4 is 0 Å². The maximum atomic E-state index is 5.38. The van der Waals surface area contributed by atoms with E-state index in [1.165, 1.54) is 19.3 Å². The van der Waals surface area contributed by atoms with Gasteiger partial charge < -0.3 is 9.47 Å². The van der Waals surface area contributed by atoms with Crippen LogP contribution in [-0.2, 0) is 9.47 Å². The maximum absolute atomic E-state index is 5.38. The van der Waals surface area contributed by atoms with Gasteiger partial charge in [-0.25, -0.2) is 0 Å². The summed E-state index contributed by atoms with van der Waals surface area (Å²) in [7, 11) is 3.55. The third kappa shape index (κ3) is 7.34. The lowest BCUT2D eigenvalue weighted by Gasteiger charge is -2.23. The molecular formula is C12H26O2. The highest BCUT2D eigenvalue weighted by molar-refractivity contribution is 4.68. The molecule has 0 saturated heterocycles. The Morgan fingerprint density at radius 1 is 1.14 bits per heavy atom. The highest BCUT2D eigenvalue weighted by atomic mass is 16.5. The Morgan fingerprint density at radius 2 is 1.79 bits per heavy atom. The van der Waals surface area contributed by atoms with Crippen molar-refractivity contribution in [1.29, 1.82) is 0 Å². The summed E-state index contributed by atoms with van der Waals surface area (Å²) < 4.78 is 10.4. The third-order valence-electron chi connectivity index (χ3n) is 2.84. The Bertz CT molecular complexity index is 132. The molecule has 0 rings (SSSR count). The Hall–Kier alpha value is -0.0800. The van der Waals surface area contributed by atoms with Crippen LogP contribution in [0.3, 0.4) is 0 Å². The van der Waals surface area contributed by atoms with Crippen LogP contribution in [0, 0.1) is 5.92 Å². The topological polar surface area (TPSA) is 18.5 Å². The van der Waals surface area contributed by atoms with Gasteiger partial charge in [-0.1, -0.05) is 19.8 Å². The lowest BCUT2D eigenvalue weighted by Crippen LogP contribution is -2.22. The number of hydrogen-bond donors (Lipinski definition) is 0. The van der Waals surface area contributed by atoms with Gasteiger partial charge in [-0.2, -0.15) is 0 Å². The minimum Gasteiger partial charge on any atom is -0.385 e. The van der Waals surface area contributed by atoms with Crippen LogP contribution < -0.4 is 0 Å². The van der Waals surface area contributed by atoms with E-state index >= 15 is 0 Å². The normalized spacial score (nSPS) is 14.4. The molecule has 0 heterocycles. The first-order valence-corrected chi connectivity index (χ1v) is 5.56. The first kappa shape index (κ1) is 13.9. The molecule has 0 aliphatic carbocycles. The van der Waals surface area contributed by atoms with E-state index in [4.69, 9.17) is 9.47 Å². The Labute approximate surface area is 89.0 Å². The number of rotatable bonds is 8. The molecule has 0 aromatic carbocycles. The predicted molar refractivity (Wildman–Crippen MR) is 60.6 cm³/mol. The summed E-state index contributed by atoms with van der Waals surface area (Å²) in [6, 6.07) is 0. The maximum Gasteiger partial charge on any atom is 0.0622 e. The van der Waals surface area contributed by atoms with E-state index in [0.29, 0.717) is 0 Å². The van der Waals surface area contributed by atoms with Gasteiger partial charge in [-0.15, -0.1) is 0 Å². The van der Waals surface area contributed by atoms with E-state index in [1.54, 1.807) is 14.2 Å². The van der Waals surface area contributed by atoms with Crippen LogP contribution in [0.2, 0.25) is 0 Å². The molecule has 86 valence electrons. The zero-order valence-electron chi connectivity index (χ0n) is 10.4. The predicted octanol–water partition coefficient (Wildman–Crippen LogP) is 3.25. The second kappa shape index (κ2) is 7.24. The van der Waals surface area contributed by atoms with Crippen molar-refractivity contribution in [2.24, 2.45) is 5.92 Å². The largest absolute Gasteiger partial charge is 0.385 e. The standard InChI is InChI=1S/C12H26O2/c1-11(8-10-13-4)7-6-9-12(2,3)14-5/h11H,6-10H2,1-5H3. The smallest absolute Gasteiger partial charge is 0.0622 e. The molecule has 1 atom stereocenters. The van der Waals surface area contributed by atoms with Gasteiger partial charge in [-0.3, -0.25) is 0 Å². The Morgan fingerprint density at radius 3 is 2.29 bits per heavy atom. The molecule has 0 aromatic heterocycles. The van der Waals surface area contributed by atoms with Crippen LogP contribution in [0.25, 0.3) is 0 Å². The third-order valence-corrected chi connectivity index (χ3v) is 2.84. The summed E-state index contributed by atoms with van der Waals surface area (Å²) in [6.45, 7) is 7.47. The van der Waals surface area contributed by atoms with Crippen LogP contribution >= 0.6 is 0 Å². The summed E-state index contributed by atoms with van der Waals surface area (Å²) in [4.78, 5) is 0. The van der Waals surface area contributed by atoms with Crippen LogP contribution in [0.5, 0.6) is 0 Å². The fourth-order valence-corrected chi connectivity index (χ4v) is 1.44. The fraction of sp³-hybridized carbons (Fsp3) is 1.00. The number of methoxy groups -OCH3 is 2. The van der Waals surface area contributed by atoms with E-state index in [-0.39, 0.29) is 5.60 Å². The van der Waals surface area contributed by atoms with Gasteiger partial charge in [0.25, 0.3) is 0 Å². The average Bonchev–Trinajstić information content (AvgIpc) is 2.14. The first-order chi connectivity index (χ1) is 6.52. The molecule has 0 aliphatic heterocycles. The SMILES string of the molecule is COCCC(C)CCCC(C)(C)OC. The van der Waals surface area contributed by atoms with E-state index < -0.39 is 0 Å². The second-order valence-electron chi connectivity index (χ2n) is 4.74. The van der Waals surface area contributed by atoms with Gasteiger partial charge >= 0.3 is 0 Å². The van der Waals surface area contributed by atoms with Crippen molar-refractivity contribution < 1.29 is 9.47 Å². The van der Waals surface area contributed by atoms with Crippen LogP contribution in [-0.4, -0.2) is 26.4 Å². The zero-order valence-corrected chi connectivity index (χ0v) is 10.4. The van der Waals surface area contributed by atoms with E-state index in [1.807, 2.05) is 0 Å². The molecular weight excluding hydrogens is 176 g/mol. The van der Waals surface area contributed by atoms with E-state index in [2.05, 4.69) is 20.8 Å². The summed E-state index contributed by atoms with van der Waals surface area (Å²) in [6.07, 6.45) is 4.83. The minimum absolute atomic E-state index is 0.0426. The molecule has 0 saturated carbocycles. The lowest BCUT2D eigenvalue weighted by atomic mass is 9.95. The fourth-order valence-electron chi connectivity index (χ4n) is 1.44. The number of hydrogen-bond acceptors (Lipinski definition) is 2. The van der Waals surface area contributed by atoms with Gasteiger partial charge in [0.05, 0.1) is 5.60 Å². The lowest BCUT2D eigenvalue weighted by molar-refractivity contribution is 0.0125. The molecule has 0 radical (unpaired) electrons. The Balaban J connectivity index is 3.43. The molecule has 0 N–H and O–H groups in total. The molecule has 0 amide bonds. The van der Waals surface area contributed by atoms with E-state index in [9.17, 15) is 0 Å². The highest BCUT2D eigenvalue weighted by Gasteiger charge is 2.15. The Kier molecular flexibility index (Phi) is 7.20. The van der Waals surface area contributed by atoms with Crippen molar-refractivity contribution in [3.63, 3.8) is 0 Å². The average molecular weight is 202 g/mol. The summed E-state index contributed by atoms with van der Waals surface area (Å²) in [5, 5.41) is 0. The molecule has 2 heteroatoms. The van der Waals surface area contributed by atoms with Crippen molar-refractivity contribution in [2.75, 3.05) is 20.8 Å². The molecule has 14 heavy (non-hydrogen) atoms. The first-order valence-electron chi connectivity index (χ1n) is 5.56. The highest BCUT2D eigenvalue weighted by Crippen LogP contribution is 2.20. The molecule has 2 nitrogen and oxygen atoms in total.